The SMILES string of the molecule is CC(C)(CNC(=O)c1cccs1)NCC(=O)N1CC(F)CC1C#N. The Morgan fingerprint density at radius 3 is 2.92 bits per heavy atom. The summed E-state index contributed by atoms with van der Waals surface area (Å²) in [5.74, 6) is -0.463. The van der Waals surface area contributed by atoms with Crippen LogP contribution in [0.2, 0.25) is 0 Å². The first-order chi connectivity index (χ1) is 11.3. The molecule has 24 heavy (non-hydrogen) atoms. The lowest BCUT2D eigenvalue weighted by Gasteiger charge is -2.28. The second-order valence-electron chi connectivity index (χ2n) is 6.42. The second kappa shape index (κ2) is 7.73. The summed E-state index contributed by atoms with van der Waals surface area (Å²) in [4.78, 5) is 26.0. The van der Waals surface area contributed by atoms with Gasteiger partial charge in [-0.2, -0.15) is 5.26 Å². The monoisotopic (exact) mass is 352 g/mol. The van der Waals surface area contributed by atoms with Gasteiger partial charge in [-0.3, -0.25) is 9.59 Å². The van der Waals surface area contributed by atoms with Gasteiger partial charge >= 0.3 is 0 Å². The zero-order valence-electron chi connectivity index (χ0n) is 13.7. The fourth-order valence-electron chi connectivity index (χ4n) is 2.46. The standard InChI is InChI=1S/C16H21FN4O2S/c1-16(2,10-19-15(23)13-4-3-5-24-13)20-8-14(22)21-9-11(17)6-12(21)7-18/h3-5,11-12,20H,6,8-10H2,1-2H3,(H,19,23). The van der Waals surface area contributed by atoms with Crippen LogP contribution in [0.5, 0.6) is 0 Å². The Hall–Kier alpha value is -1.98. The number of rotatable bonds is 6. The second-order valence-corrected chi connectivity index (χ2v) is 7.37. The summed E-state index contributed by atoms with van der Waals surface area (Å²) in [7, 11) is 0. The molecule has 1 saturated heterocycles. The Bertz CT molecular complexity index is 627. The molecule has 2 atom stereocenters. The van der Waals surface area contributed by atoms with E-state index in [2.05, 4.69) is 10.6 Å². The Labute approximate surface area is 144 Å². The van der Waals surface area contributed by atoms with Crippen molar-refractivity contribution in [2.24, 2.45) is 0 Å². The normalized spacial score (nSPS) is 20.7. The molecule has 8 heteroatoms. The van der Waals surface area contributed by atoms with Crippen molar-refractivity contribution in [1.29, 1.82) is 5.26 Å². The van der Waals surface area contributed by atoms with Gasteiger partial charge in [0.05, 0.1) is 24.0 Å². The van der Waals surface area contributed by atoms with E-state index in [0.29, 0.717) is 11.4 Å². The molecule has 1 fully saturated rings. The Balaban J connectivity index is 1.80. The number of thiophene rings is 1. The average Bonchev–Trinajstić information content (AvgIpc) is 3.19. The lowest BCUT2D eigenvalue weighted by atomic mass is 10.1. The third-order valence-electron chi connectivity index (χ3n) is 3.87. The molecule has 6 nitrogen and oxygen atoms in total. The molecule has 1 aromatic heterocycles. The number of amides is 2. The zero-order chi connectivity index (χ0) is 17.7. The van der Waals surface area contributed by atoms with Gasteiger partial charge in [-0.25, -0.2) is 4.39 Å². The topological polar surface area (TPSA) is 85.2 Å². The number of nitriles is 1. The quantitative estimate of drug-likeness (QED) is 0.808. The van der Waals surface area contributed by atoms with E-state index in [1.165, 1.54) is 16.2 Å². The van der Waals surface area contributed by atoms with Crippen LogP contribution in [-0.2, 0) is 4.79 Å². The molecule has 0 bridgehead atoms. The van der Waals surface area contributed by atoms with E-state index in [0.717, 1.165) is 0 Å². The average molecular weight is 352 g/mol. The van der Waals surface area contributed by atoms with Crippen LogP contribution in [0.1, 0.15) is 29.9 Å². The number of nitrogens with one attached hydrogen (secondary N) is 2. The molecule has 2 N–H and O–H groups in total. The van der Waals surface area contributed by atoms with Crippen molar-refractivity contribution in [1.82, 2.24) is 15.5 Å². The summed E-state index contributed by atoms with van der Waals surface area (Å²) in [6, 6.07) is 4.81. The van der Waals surface area contributed by atoms with Crippen molar-refractivity contribution in [2.45, 2.75) is 38.0 Å². The molecule has 130 valence electrons. The van der Waals surface area contributed by atoms with E-state index < -0.39 is 17.8 Å². The van der Waals surface area contributed by atoms with Crippen LogP contribution in [0.4, 0.5) is 4.39 Å². The highest BCUT2D eigenvalue weighted by Gasteiger charge is 2.35. The fraction of sp³-hybridized carbons (Fsp3) is 0.562. The number of alkyl halides is 1. The van der Waals surface area contributed by atoms with Crippen molar-refractivity contribution in [2.75, 3.05) is 19.6 Å². The first-order valence-corrected chi connectivity index (χ1v) is 8.60. The summed E-state index contributed by atoms with van der Waals surface area (Å²) in [5.41, 5.74) is -0.514. The molecule has 0 saturated carbocycles. The summed E-state index contributed by atoms with van der Waals surface area (Å²) in [6.07, 6.45) is -1.07. The van der Waals surface area contributed by atoms with E-state index in [1.807, 2.05) is 25.3 Å². The van der Waals surface area contributed by atoms with Crippen molar-refractivity contribution >= 4 is 23.2 Å². The molecule has 1 aliphatic heterocycles. The van der Waals surface area contributed by atoms with Gasteiger partial charge in [-0.15, -0.1) is 11.3 Å². The molecular formula is C16H21FN4O2S. The van der Waals surface area contributed by atoms with Crippen molar-refractivity contribution in [3.05, 3.63) is 22.4 Å². The molecule has 1 aromatic rings. The van der Waals surface area contributed by atoms with Gasteiger partial charge in [0.2, 0.25) is 5.91 Å². The van der Waals surface area contributed by atoms with Gasteiger partial charge in [0.15, 0.2) is 0 Å². The minimum atomic E-state index is -1.14. The molecule has 2 heterocycles. The Morgan fingerprint density at radius 1 is 1.54 bits per heavy atom. The third kappa shape index (κ3) is 4.76. The number of carbonyl (C=O) groups is 2. The molecule has 0 radical (unpaired) electrons. The van der Waals surface area contributed by atoms with Gasteiger partial charge in [-0.05, 0) is 25.3 Å². The van der Waals surface area contributed by atoms with Gasteiger partial charge in [-0.1, -0.05) is 6.07 Å². The highest BCUT2D eigenvalue weighted by Crippen LogP contribution is 2.19. The first kappa shape index (κ1) is 18.4. The van der Waals surface area contributed by atoms with Gasteiger partial charge in [0, 0.05) is 18.5 Å². The molecule has 2 amide bonds. The van der Waals surface area contributed by atoms with Gasteiger partial charge in [0.1, 0.15) is 12.2 Å². The predicted octanol–water partition coefficient (Wildman–Crippen LogP) is 1.31. The van der Waals surface area contributed by atoms with Crippen LogP contribution < -0.4 is 10.6 Å². The molecule has 0 aromatic carbocycles. The molecule has 2 unspecified atom stereocenters. The maximum absolute atomic E-state index is 13.4. The highest BCUT2D eigenvalue weighted by atomic mass is 32.1. The van der Waals surface area contributed by atoms with Crippen LogP contribution in [0.25, 0.3) is 0 Å². The zero-order valence-corrected chi connectivity index (χ0v) is 14.5. The summed E-state index contributed by atoms with van der Waals surface area (Å²) < 4.78 is 13.4. The number of likely N-dealkylation sites (tertiary alicyclic amines) is 1. The van der Waals surface area contributed by atoms with Crippen molar-refractivity contribution in [3.8, 4) is 6.07 Å². The Kier molecular flexibility index (Phi) is 5.91. The fourth-order valence-corrected chi connectivity index (χ4v) is 3.10. The number of hydrogen-bond acceptors (Lipinski definition) is 5. The number of hydrogen-bond donors (Lipinski definition) is 2. The van der Waals surface area contributed by atoms with Crippen LogP contribution in [0.15, 0.2) is 17.5 Å². The van der Waals surface area contributed by atoms with E-state index in [1.54, 1.807) is 12.1 Å². The van der Waals surface area contributed by atoms with Crippen LogP contribution >= 0.6 is 11.3 Å². The summed E-state index contributed by atoms with van der Waals surface area (Å²) >= 11 is 1.36. The summed E-state index contributed by atoms with van der Waals surface area (Å²) in [5, 5.41) is 16.7. The van der Waals surface area contributed by atoms with E-state index in [-0.39, 0.29) is 31.3 Å². The largest absolute Gasteiger partial charge is 0.350 e. The van der Waals surface area contributed by atoms with Crippen LogP contribution in [0.3, 0.4) is 0 Å². The van der Waals surface area contributed by atoms with Crippen LogP contribution in [-0.4, -0.2) is 54.1 Å². The molecular weight excluding hydrogens is 331 g/mol. The van der Waals surface area contributed by atoms with Gasteiger partial charge < -0.3 is 15.5 Å². The first-order valence-electron chi connectivity index (χ1n) is 7.72. The molecule has 0 spiro atoms. The predicted molar refractivity (Wildman–Crippen MR) is 89.4 cm³/mol. The summed E-state index contributed by atoms with van der Waals surface area (Å²) in [6.45, 7) is 4.02. The minimum absolute atomic E-state index is 0.00717. The van der Waals surface area contributed by atoms with E-state index in [4.69, 9.17) is 5.26 Å². The number of nitrogens with zero attached hydrogens (tertiary/aromatic N) is 2. The van der Waals surface area contributed by atoms with Gasteiger partial charge in [0.25, 0.3) is 5.91 Å². The van der Waals surface area contributed by atoms with E-state index >= 15 is 0 Å². The molecule has 2 rings (SSSR count). The lowest BCUT2D eigenvalue weighted by Crippen LogP contribution is -2.52. The van der Waals surface area contributed by atoms with Crippen molar-refractivity contribution in [3.63, 3.8) is 0 Å². The van der Waals surface area contributed by atoms with E-state index in [9.17, 15) is 14.0 Å². The number of halogens is 1. The number of carbonyl (C=O) groups excluding carboxylic acids is 2. The van der Waals surface area contributed by atoms with Crippen LogP contribution in [0, 0.1) is 11.3 Å². The van der Waals surface area contributed by atoms with Crippen molar-refractivity contribution < 1.29 is 14.0 Å². The maximum Gasteiger partial charge on any atom is 0.261 e. The molecule has 0 aliphatic carbocycles. The lowest BCUT2D eigenvalue weighted by molar-refractivity contribution is -0.130. The smallest absolute Gasteiger partial charge is 0.261 e. The Morgan fingerprint density at radius 2 is 2.29 bits per heavy atom. The molecule has 1 aliphatic rings. The highest BCUT2D eigenvalue weighted by molar-refractivity contribution is 7.12. The minimum Gasteiger partial charge on any atom is -0.350 e. The third-order valence-corrected chi connectivity index (χ3v) is 4.74. The maximum atomic E-state index is 13.4.